The van der Waals surface area contributed by atoms with Crippen molar-refractivity contribution in [1.29, 1.82) is 0 Å². The number of aromatic nitrogens is 2. The average Bonchev–Trinajstić information content (AvgIpc) is 2.89. The van der Waals surface area contributed by atoms with Crippen molar-refractivity contribution in [2.75, 3.05) is 38.6 Å². The van der Waals surface area contributed by atoms with Gasteiger partial charge >= 0.3 is 0 Å². The third-order valence-electron chi connectivity index (χ3n) is 3.53. The van der Waals surface area contributed by atoms with E-state index in [4.69, 9.17) is 15.2 Å². The van der Waals surface area contributed by atoms with E-state index >= 15 is 0 Å². The lowest BCUT2D eigenvalue weighted by Crippen LogP contribution is -2.42. The Bertz CT molecular complexity index is 441. The van der Waals surface area contributed by atoms with Crippen LogP contribution in [0.5, 0.6) is 0 Å². The van der Waals surface area contributed by atoms with Gasteiger partial charge in [-0.2, -0.15) is 5.10 Å². The van der Waals surface area contributed by atoms with Crippen LogP contribution in [0.15, 0.2) is 12.4 Å². The standard InChI is InChI=1S/C14H24N4O3/c1-2-20-7-8-21-13-3-5-17(6-4-13)14(19)11-18-10-12(15)9-16-18/h9-10,13H,2-8,11,15H2,1H3. The molecule has 1 fully saturated rings. The number of carbonyl (C=O) groups is 1. The van der Waals surface area contributed by atoms with Crippen LogP contribution in [0.1, 0.15) is 19.8 Å². The molecule has 0 atom stereocenters. The molecule has 118 valence electrons. The molecule has 1 aromatic heterocycles. The minimum absolute atomic E-state index is 0.0749. The van der Waals surface area contributed by atoms with Crippen LogP contribution in [-0.2, 0) is 20.8 Å². The molecule has 7 heteroatoms. The molecule has 0 unspecified atom stereocenters. The maximum atomic E-state index is 12.1. The summed E-state index contributed by atoms with van der Waals surface area (Å²) >= 11 is 0. The van der Waals surface area contributed by atoms with Gasteiger partial charge in [0.1, 0.15) is 6.54 Å². The van der Waals surface area contributed by atoms with Gasteiger partial charge in [-0.15, -0.1) is 0 Å². The van der Waals surface area contributed by atoms with Crippen molar-refractivity contribution in [1.82, 2.24) is 14.7 Å². The lowest BCUT2D eigenvalue weighted by molar-refractivity contribution is -0.134. The summed E-state index contributed by atoms with van der Waals surface area (Å²) in [5.74, 6) is 0.0749. The number of rotatable bonds is 7. The Morgan fingerprint density at radius 2 is 2.19 bits per heavy atom. The first-order valence-electron chi connectivity index (χ1n) is 7.44. The Kier molecular flexibility index (Phi) is 6.01. The largest absolute Gasteiger partial charge is 0.396 e. The van der Waals surface area contributed by atoms with Crippen molar-refractivity contribution in [3.63, 3.8) is 0 Å². The second-order valence-corrected chi connectivity index (χ2v) is 5.12. The second-order valence-electron chi connectivity index (χ2n) is 5.12. The van der Waals surface area contributed by atoms with Crippen LogP contribution < -0.4 is 5.73 Å². The fourth-order valence-corrected chi connectivity index (χ4v) is 2.39. The van der Waals surface area contributed by atoms with Gasteiger partial charge in [-0.25, -0.2) is 0 Å². The van der Waals surface area contributed by atoms with Gasteiger partial charge in [-0.3, -0.25) is 9.48 Å². The smallest absolute Gasteiger partial charge is 0.244 e. The Morgan fingerprint density at radius 3 is 2.81 bits per heavy atom. The lowest BCUT2D eigenvalue weighted by Gasteiger charge is -2.32. The Morgan fingerprint density at radius 1 is 1.43 bits per heavy atom. The van der Waals surface area contributed by atoms with Gasteiger partial charge in [0.2, 0.25) is 5.91 Å². The van der Waals surface area contributed by atoms with E-state index < -0.39 is 0 Å². The third-order valence-corrected chi connectivity index (χ3v) is 3.53. The molecule has 2 N–H and O–H groups in total. The number of hydrogen-bond acceptors (Lipinski definition) is 5. The summed E-state index contributed by atoms with van der Waals surface area (Å²) in [6, 6.07) is 0. The number of amides is 1. The topological polar surface area (TPSA) is 82.6 Å². The Hall–Kier alpha value is -1.60. The summed E-state index contributed by atoms with van der Waals surface area (Å²) in [7, 11) is 0. The molecule has 0 bridgehead atoms. The predicted octanol–water partition coefficient (Wildman–Crippen LogP) is 0.509. The molecule has 1 saturated heterocycles. The summed E-state index contributed by atoms with van der Waals surface area (Å²) in [5, 5.41) is 4.03. The molecule has 1 aliphatic rings. The van der Waals surface area contributed by atoms with E-state index in [0.29, 0.717) is 25.5 Å². The second kappa shape index (κ2) is 7.99. The van der Waals surface area contributed by atoms with Crippen LogP contribution in [0.3, 0.4) is 0 Å². The van der Waals surface area contributed by atoms with Crippen LogP contribution in [0.2, 0.25) is 0 Å². The van der Waals surface area contributed by atoms with Crippen molar-refractivity contribution in [2.45, 2.75) is 32.4 Å². The first-order chi connectivity index (χ1) is 10.2. The molecule has 0 saturated carbocycles. The van der Waals surface area contributed by atoms with Crippen LogP contribution in [0, 0.1) is 0 Å². The highest BCUT2D eigenvalue weighted by atomic mass is 16.5. The quantitative estimate of drug-likeness (QED) is 0.741. The van der Waals surface area contributed by atoms with Crippen LogP contribution in [-0.4, -0.2) is 59.6 Å². The molecule has 0 spiro atoms. The number of likely N-dealkylation sites (tertiary alicyclic amines) is 1. The number of piperidine rings is 1. The van der Waals surface area contributed by atoms with E-state index in [2.05, 4.69) is 5.10 Å². The zero-order valence-electron chi connectivity index (χ0n) is 12.5. The van der Waals surface area contributed by atoms with E-state index in [0.717, 1.165) is 25.9 Å². The van der Waals surface area contributed by atoms with Crippen molar-refractivity contribution in [3.05, 3.63) is 12.4 Å². The normalized spacial score (nSPS) is 16.3. The fourth-order valence-electron chi connectivity index (χ4n) is 2.39. The zero-order valence-corrected chi connectivity index (χ0v) is 12.5. The first kappa shape index (κ1) is 15.8. The van der Waals surface area contributed by atoms with E-state index in [-0.39, 0.29) is 18.6 Å². The lowest BCUT2D eigenvalue weighted by atomic mass is 10.1. The summed E-state index contributed by atoms with van der Waals surface area (Å²) < 4.78 is 12.6. The van der Waals surface area contributed by atoms with Crippen molar-refractivity contribution >= 4 is 11.6 Å². The third kappa shape index (κ3) is 5.02. The Labute approximate surface area is 125 Å². The zero-order chi connectivity index (χ0) is 15.1. The van der Waals surface area contributed by atoms with E-state index in [1.807, 2.05) is 11.8 Å². The highest BCUT2D eigenvalue weighted by molar-refractivity contribution is 5.76. The van der Waals surface area contributed by atoms with E-state index in [9.17, 15) is 4.79 Å². The Balaban J connectivity index is 1.67. The average molecular weight is 296 g/mol. The number of anilines is 1. The maximum Gasteiger partial charge on any atom is 0.244 e. The molecule has 0 radical (unpaired) electrons. The van der Waals surface area contributed by atoms with E-state index in [1.165, 1.54) is 0 Å². The van der Waals surface area contributed by atoms with Crippen molar-refractivity contribution < 1.29 is 14.3 Å². The number of nitrogens with zero attached hydrogens (tertiary/aromatic N) is 3. The van der Waals surface area contributed by atoms with Crippen molar-refractivity contribution in [3.8, 4) is 0 Å². The van der Waals surface area contributed by atoms with Gasteiger partial charge in [0.25, 0.3) is 0 Å². The summed E-state index contributed by atoms with van der Waals surface area (Å²) in [6.07, 6.45) is 5.20. The molecule has 1 aliphatic heterocycles. The monoisotopic (exact) mass is 296 g/mol. The fraction of sp³-hybridized carbons (Fsp3) is 0.714. The van der Waals surface area contributed by atoms with Crippen LogP contribution in [0.4, 0.5) is 5.69 Å². The molecular weight excluding hydrogens is 272 g/mol. The minimum Gasteiger partial charge on any atom is -0.396 e. The van der Waals surface area contributed by atoms with Gasteiger partial charge in [0.05, 0.1) is 31.2 Å². The number of nitrogen functional groups attached to an aromatic ring is 1. The molecule has 0 aromatic carbocycles. The van der Waals surface area contributed by atoms with Gasteiger partial charge < -0.3 is 20.1 Å². The maximum absolute atomic E-state index is 12.1. The van der Waals surface area contributed by atoms with Crippen LogP contribution in [0.25, 0.3) is 0 Å². The highest BCUT2D eigenvalue weighted by Crippen LogP contribution is 2.14. The number of ether oxygens (including phenoxy) is 2. The first-order valence-corrected chi connectivity index (χ1v) is 7.44. The number of carbonyl (C=O) groups excluding carboxylic acids is 1. The molecule has 1 aromatic rings. The molecule has 21 heavy (non-hydrogen) atoms. The van der Waals surface area contributed by atoms with Gasteiger partial charge in [-0.05, 0) is 19.8 Å². The molecule has 0 aliphatic carbocycles. The molecule has 2 heterocycles. The molecule has 1 amide bonds. The molecule has 2 rings (SSSR count). The van der Waals surface area contributed by atoms with E-state index in [1.54, 1.807) is 17.1 Å². The number of nitrogens with two attached hydrogens (primary N) is 1. The van der Waals surface area contributed by atoms with Gasteiger partial charge in [0.15, 0.2) is 0 Å². The number of hydrogen-bond donors (Lipinski definition) is 1. The van der Waals surface area contributed by atoms with Crippen molar-refractivity contribution in [2.24, 2.45) is 0 Å². The molecular formula is C14H24N4O3. The summed E-state index contributed by atoms with van der Waals surface area (Å²) in [4.78, 5) is 14.0. The van der Waals surface area contributed by atoms with Crippen LogP contribution >= 0.6 is 0 Å². The van der Waals surface area contributed by atoms with Gasteiger partial charge in [-0.1, -0.05) is 0 Å². The summed E-state index contributed by atoms with van der Waals surface area (Å²) in [5.41, 5.74) is 6.16. The summed E-state index contributed by atoms with van der Waals surface area (Å²) in [6.45, 7) is 5.65. The highest BCUT2D eigenvalue weighted by Gasteiger charge is 2.23. The SMILES string of the molecule is CCOCCOC1CCN(C(=O)Cn2cc(N)cn2)CC1. The predicted molar refractivity (Wildman–Crippen MR) is 78.7 cm³/mol. The minimum atomic E-state index is 0.0749. The molecule has 7 nitrogen and oxygen atoms in total. The van der Waals surface area contributed by atoms with Gasteiger partial charge in [0, 0.05) is 25.9 Å².